The predicted molar refractivity (Wildman–Crippen MR) is 70.8 cm³/mol. The van der Waals surface area contributed by atoms with E-state index in [1.807, 2.05) is 30.3 Å². The number of esters is 1. The number of carbonyl (C=O) groups is 1. The summed E-state index contributed by atoms with van der Waals surface area (Å²) in [6.45, 7) is 0. The first-order valence-corrected chi connectivity index (χ1v) is 5.74. The smallest absolute Gasteiger partial charge is 0.341 e. The van der Waals surface area contributed by atoms with Gasteiger partial charge in [0.1, 0.15) is 22.8 Å². The Morgan fingerprint density at radius 2 is 1.68 bits per heavy atom. The molecule has 0 N–H and O–H groups in total. The monoisotopic (exact) mass is 258 g/mol. The van der Waals surface area contributed by atoms with Crippen LogP contribution in [0.1, 0.15) is 10.4 Å². The lowest BCUT2D eigenvalue weighted by atomic mass is 10.2. The van der Waals surface area contributed by atoms with Crippen molar-refractivity contribution in [1.29, 1.82) is 0 Å². The largest absolute Gasteiger partial charge is 0.497 e. The summed E-state index contributed by atoms with van der Waals surface area (Å²) >= 11 is 0. The third-order valence-corrected chi connectivity index (χ3v) is 2.56. The third kappa shape index (κ3) is 3.04. The summed E-state index contributed by atoms with van der Waals surface area (Å²) in [7, 11) is 2.86. The van der Waals surface area contributed by atoms with E-state index in [0.29, 0.717) is 22.8 Å². The van der Waals surface area contributed by atoms with Crippen LogP contribution in [0.25, 0.3) is 0 Å². The average Bonchev–Trinajstić information content (AvgIpc) is 2.48. The van der Waals surface area contributed by atoms with Gasteiger partial charge in [0.25, 0.3) is 0 Å². The van der Waals surface area contributed by atoms with E-state index in [-0.39, 0.29) is 0 Å². The van der Waals surface area contributed by atoms with Crippen LogP contribution in [0.4, 0.5) is 0 Å². The highest BCUT2D eigenvalue weighted by molar-refractivity contribution is 5.93. The average molecular weight is 258 g/mol. The maximum Gasteiger partial charge on any atom is 0.341 e. The van der Waals surface area contributed by atoms with Crippen LogP contribution >= 0.6 is 0 Å². The van der Waals surface area contributed by atoms with Crippen LogP contribution in [0, 0.1) is 0 Å². The van der Waals surface area contributed by atoms with Gasteiger partial charge in [-0.25, -0.2) is 4.79 Å². The van der Waals surface area contributed by atoms with Crippen LogP contribution in [-0.4, -0.2) is 20.2 Å². The quantitative estimate of drug-likeness (QED) is 0.789. The number of methoxy groups -OCH3 is 2. The molecule has 0 saturated carbocycles. The second kappa shape index (κ2) is 5.91. The van der Waals surface area contributed by atoms with Gasteiger partial charge in [-0.05, 0) is 30.3 Å². The summed E-state index contributed by atoms with van der Waals surface area (Å²) in [5.74, 6) is 1.18. The summed E-state index contributed by atoms with van der Waals surface area (Å²) < 4.78 is 15.5. The lowest BCUT2D eigenvalue weighted by Crippen LogP contribution is -2.04. The molecule has 2 aromatic rings. The highest BCUT2D eigenvalue weighted by atomic mass is 16.5. The van der Waals surface area contributed by atoms with E-state index >= 15 is 0 Å². The zero-order valence-electron chi connectivity index (χ0n) is 10.8. The first-order valence-electron chi connectivity index (χ1n) is 5.74. The van der Waals surface area contributed by atoms with Gasteiger partial charge in [-0.3, -0.25) is 0 Å². The molecule has 19 heavy (non-hydrogen) atoms. The van der Waals surface area contributed by atoms with E-state index in [4.69, 9.17) is 14.2 Å². The Labute approximate surface area is 111 Å². The summed E-state index contributed by atoms with van der Waals surface area (Å²) in [5.41, 5.74) is 0.325. The number of benzene rings is 2. The lowest BCUT2D eigenvalue weighted by molar-refractivity contribution is 0.0597. The van der Waals surface area contributed by atoms with Crippen LogP contribution < -0.4 is 9.47 Å². The molecule has 0 atom stereocenters. The van der Waals surface area contributed by atoms with Gasteiger partial charge in [-0.2, -0.15) is 0 Å². The molecule has 0 heterocycles. The highest BCUT2D eigenvalue weighted by Gasteiger charge is 2.15. The van der Waals surface area contributed by atoms with Gasteiger partial charge >= 0.3 is 5.97 Å². The summed E-state index contributed by atoms with van der Waals surface area (Å²) in [4.78, 5) is 11.7. The Morgan fingerprint density at radius 3 is 2.32 bits per heavy atom. The molecule has 0 bridgehead atoms. The molecule has 4 heteroatoms. The topological polar surface area (TPSA) is 44.8 Å². The van der Waals surface area contributed by atoms with Crippen LogP contribution in [0.3, 0.4) is 0 Å². The molecule has 2 aromatic carbocycles. The van der Waals surface area contributed by atoms with Gasteiger partial charge in [0.15, 0.2) is 0 Å². The summed E-state index contributed by atoms with van der Waals surface area (Å²) in [5, 5.41) is 0. The fourth-order valence-corrected chi connectivity index (χ4v) is 1.61. The second-order valence-corrected chi connectivity index (χ2v) is 3.77. The van der Waals surface area contributed by atoms with Gasteiger partial charge in [0, 0.05) is 0 Å². The van der Waals surface area contributed by atoms with E-state index in [2.05, 4.69) is 0 Å². The summed E-state index contributed by atoms with van der Waals surface area (Å²) in [6, 6.07) is 14.2. The van der Waals surface area contributed by atoms with Crippen LogP contribution in [-0.2, 0) is 4.74 Å². The molecule has 0 amide bonds. The minimum atomic E-state index is -0.468. The maximum absolute atomic E-state index is 11.7. The number of carbonyl (C=O) groups excluding carboxylic acids is 1. The fourth-order valence-electron chi connectivity index (χ4n) is 1.61. The van der Waals surface area contributed by atoms with Crippen molar-refractivity contribution >= 4 is 5.97 Å². The highest BCUT2D eigenvalue weighted by Crippen LogP contribution is 2.29. The zero-order valence-corrected chi connectivity index (χ0v) is 10.8. The van der Waals surface area contributed by atoms with Crippen molar-refractivity contribution in [3.8, 4) is 17.2 Å². The van der Waals surface area contributed by atoms with Crippen molar-refractivity contribution in [2.24, 2.45) is 0 Å². The normalized spacial score (nSPS) is 9.79. The Hall–Kier alpha value is -2.49. The van der Waals surface area contributed by atoms with E-state index in [9.17, 15) is 4.79 Å². The van der Waals surface area contributed by atoms with Gasteiger partial charge in [0.2, 0.25) is 0 Å². The lowest BCUT2D eigenvalue weighted by Gasteiger charge is -2.11. The summed E-state index contributed by atoms with van der Waals surface area (Å²) in [6.07, 6.45) is 0. The Kier molecular flexibility index (Phi) is 4.03. The molecule has 98 valence electrons. The molecule has 0 aliphatic rings. The molecule has 0 spiro atoms. The first-order chi connectivity index (χ1) is 9.24. The zero-order chi connectivity index (χ0) is 13.7. The Bertz CT molecular complexity index is 564. The molecule has 0 aliphatic carbocycles. The fraction of sp³-hybridized carbons (Fsp3) is 0.133. The molecular weight excluding hydrogens is 244 g/mol. The minimum Gasteiger partial charge on any atom is -0.497 e. The van der Waals surface area contributed by atoms with Gasteiger partial charge in [-0.1, -0.05) is 18.2 Å². The predicted octanol–water partition coefficient (Wildman–Crippen LogP) is 3.27. The SMILES string of the molecule is COC(=O)c1cc(OC)ccc1Oc1ccccc1. The number of hydrogen-bond donors (Lipinski definition) is 0. The molecule has 2 rings (SSSR count). The maximum atomic E-state index is 11.7. The first kappa shape index (κ1) is 13.0. The molecule has 0 aliphatic heterocycles. The Balaban J connectivity index is 2.36. The van der Waals surface area contributed by atoms with E-state index in [1.54, 1.807) is 18.2 Å². The standard InChI is InChI=1S/C15H14O4/c1-17-12-8-9-14(13(10-12)15(16)18-2)19-11-6-4-3-5-7-11/h3-10H,1-2H3. The molecule has 0 radical (unpaired) electrons. The van der Waals surface area contributed by atoms with Crippen LogP contribution in [0.2, 0.25) is 0 Å². The number of rotatable bonds is 4. The number of hydrogen-bond acceptors (Lipinski definition) is 4. The molecule has 0 unspecified atom stereocenters. The van der Waals surface area contributed by atoms with Crippen molar-refractivity contribution in [3.63, 3.8) is 0 Å². The van der Waals surface area contributed by atoms with Crippen molar-refractivity contribution in [2.75, 3.05) is 14.2 Å². The molecule has 0 aromatic heterocycles. The Morgan fingerprint density at radius 1 is 0.947 bits per heavy atom. The van der Waals surface area contributed by atoms with Crippen LogP contribution in [0.5, 0.6) is 17.2 Å². The molecule has 0 saturated heterocycles. The molecule has 0 fully saturated rings. The van der Waals surface area contributed by atoms with Gasteiger partial charge in [0.05, 0.1) is 14.2 Å². The second-order valence-electron chi connectivity index (χ2n) is 3.77. The van der Waals surface area contributed by atoms with Crippen molar-refractivity contribution < 1.29 is 19.0 Å². The van der Waals surface area contributed by atoms with Crippen LogP contribution in [0.15, 0.2) is 48.5 Å². The van der Waals surface area contributed by atoms with Crippen molar-refractivity contribution in [3.05, 3.63) is 54.1 Å². The van der Waals surface area contributed by atoms with E-state index in [1.165, 1.54) is 14.2 Å². The van der Waals surface area contributed by atoms with E-state index < -0.39 is 5.97 Å². The minimum absolute atomic E-state index is 0.325. The van der Waals surface area contributed by atoms with Crippen molar-refractivity contribution in [1.82, 2.24) is 0 Å². The molecular formula is C15H14O4. The van der Waals surface area contributed by atoms with Crippen molar-refractivity contribution in [2.45, 2.75) is 0 Å². The third-order valence-electron chi connectivity index (χ3n) is 2.56. The number of para-hydroxylation sites is 1. The van der Waals surface area contributed by atoms with E-state index in [0.717, 1.165) is 0 Å². The van der Waals surface area contributed by atoms with Gasteiger partial charge in [-0.15, -0.1) is 0 Å². The molecule has 4 nitrogen and oxygen atoms in total. The number of ether oxygens (including phenoxy) is 3. The van der Waals surface area contributed by atoms with Gasteiger partial charge < -0.3 is 14.2 Å².